The fourth-order valence-electron chi connectivity index (χ4n) is 6.92. The number of nitrogens with zero attached hydrogens (tertiary/aromatic N) is 2. The molecule has 0 spiro atoms. The molecule has 2 aromatic rings. The van der Waals surface area contributed by atoms with Crippen molar-refractivity contribution in [1.29, 1.82) is 0 Å². The number of ether oxygens (including phenoxy) is 1. The van der Waals surface area contributed by atoms with E-state index in [0.29, 0.717) is 16.8 Å². The predicted molar refractivity (Wildman–Crippen MR) is 146 cm³/mol. The number of Topliss-reactive ketones (excluding diaryl/α,β-unsaturated/α-hetero) is 4. The molecule has 12 nitrogen and oxygen atoms in total. The maximum atomic E-state index is 14.0. The van der Waals surface area contributed by atoms with Gasteiger partial charge in [-0.3, -0.25) is 33.4 Å². The smallest absolute Gasteiger partial charge is 0.418 e. The van der Waals surface area contributed by atoms with Crippen LogP contribution in [0.5, 0.6) is 5.75 Å². The summed E-state index contributed by atoms with van der Waals surface area (Å²) in [6, 6.07) is 4.93. The lowest BCUT2D eigenvalue weighted by Gasteiger charge is -2.52. The molecule has 42 heavy (non-hydrogen) atoms. The van der Waals surface area contributed by atoms with Gasteiger partial charge in [0, 0.05) is 17.7 Å². The molecule has 1 amide bonds. The van der Waals surface area contributed by atoms with Gasteiger partial charge in [0.05, 0.1) is 23.2 Å². The molecule has 2 unspecified atom stereocenters. The SMILES string of the molecule is CN(C)[C@@H]1C(=O)C(C(N)=O)C(=O)[C@@]2(O)C(=O)C3C(=O)c4c(O)ccc(-c5cccn5C(=O)OC(C)(C)C)c4C[C@H]3C[C@@H]12. The van der Waals surface area contributed by atoms with Gasteiger partial charge >= 0.3 is 6.09 Å². The third-order valence-corrected chi connectivity index (χ3v) is 8.56. The molecule has 0 bridgehead atoms. The summed E-state index contributed by atoms with van der Waals surface area (Å²) in [5.41, 5.74) is 2.85. The van der Waals surface area contributed by atoms with Gasteiger partial charge in [-0.25, -0.2) is 4.79 Å². The second-order valence-electron chi connectivity index (χ2n) is 12.5. The van der Waals surface area contributed by atoms with Crippen LogP contribution in [0.3, 0.4) is 0 Å². The number of aromatic nitrogens is 1. The van der Waals surface area contributed by atoms with Crippen molar-refractivity contribution in [2.45, 2.75) is 50.9 Å². The third-order valence-electron chi connectivity index (χ3n) is 8.56. The minimum Gasteiger partial charge on any atom is -0.507 e. The Morgan fingerprint density at radius 1 is 1.10 bits per heavy atom. The van der Waals surface area contributed by atoms with Crippen LogP contribution in [0, 0.1) is 23.7 Å². The van der Waals surface area contributed by atoms with Crippen LogP contribution in [0.4, 0.5) is 4.79 Å². The number of ketones is 4. The standard InChI is InChI=1S/C30H33N3O9/c1-29(2,3)42-28(40)33-10-6-7-17(33)14-8-9-18(34)20-15(14)11-13-12-16-22(32(4)5)24(36)21(27(31)39)26(38)30(16,41)25(37)19(13)23(20)35/h6-10,13,16,19,21-22,34,41H,11-12H2,1-5H3,(H2,31,39)/t13-,16-,19?,21?,22-,30-/m0/s1. The Morgan fingerprint density at radius 3 is 2.36 bits per heavy atom. The Labute approximate surface area is 241 Å². The van der Waals surface area contributed by atoms with Crippen LogP contribution in [0.25, 0.3) is 11.3 Å². The average molecular weight is 580 g/mol. The normalized spacial score (nSPS) is 29.2. The third kappa shape index (κ3) is 4.19. The number of likely N-dealkylation sites (N-methyl/N-ethyl adjacent to an activating group) is 1. The van der Waals surface area contributed by atoms with E-state index in [4.69, 9.17) is 10.5 Å². The van der Waals surface area contributed by atoms with Crippen LogP contribution in [0.2, 0.25) is 0 Å². The first-order chi connectivity index (χ1) is 19.5. The van der Waals surface area contributed by atoms with Crippen molar-refractivity contribution >= 4 is 35.1 Å². The minimum absolute atomic E-state index is 0.0646. The summed E-state index contributed by atoms with van der Waals surface area (Å²) in [7, 11) is 3.05. The lowest BCUT2D eigenvalue weighted by molar-refractivity contribution is -0.181. The Kier molecular flexibility index (Phi) is 6.78. The number of aliphatic hydroxyl groups is 1. The van der Waals surface area contributed by atoms with E-state index in [9.17, 15) is 39.0 Å². The van der Waals surface area contributed by atoms with E-state index < -0.39 is 81.8 Å². The number of phenols is 1. The van der Waals surface area contributed by atoms with Crippen LogP contribution >= 0.6 is 0 Å². The average Bonchev–Trinajstić information content (AvgIpc) is 3.35. The molecule has 0 aliphatic heterocycles. The summed E-state index contributed by atoms with van der Waals surface area (Å²) >= 11 is 0. The molecular formula is C30H33N3O9. The molecule has 6 atom stereocenters. The summed E-state index contributed by atoms with van der Waals surface area (Å²) < 4.78 is 6.80. The number of hydrogen-bond donors (Lipinski definition) is 3. The zero-order valence-corrected chi connectivity index (χ0v) is 23.9. The monoisotopic (exact) mass is 579 g/mol. The predicted octanol–water partition coefficient (Wildman–Crippen LogP) is 1.12. The Morgan fingerprint density at radius 2 is 1.76 bits per heavy atom. The molecule has 0 saturated heterocycles. The van der Waals surface area contributed by atoms with Gasteiger partial charge in [-0.2, -0.15) is 0 Å². The van der Waals surface area contributed by atoms with E-state index in [1.165, 1.54) is 35.8 Å². The van der Waals surface area contributed by atoms with Gasteiger partial charge in [-0.05, 0) is 83.5 Å². The van der Waals surface area contributed by atoms with E-state index in [-0.39, 0.29) is 18.4 Å². The van der Waals surface area contributed by atoms with Gasteiger partial charge in [-0.15, -0.1) is 0 Å². The molecule has 3 aliphatic carbocycles. The van der Waals surface area contributed by atoms with Crippen LogP contribution in [0.1, 0.15) is 43.1 Å². The van der Waals surface area contributed by atoms with Crippen LogP contribution < -0.4 is 5.73 Å². The summed E-state index contributed by atoms with van der Waals surface area (Å²) in [5.74, 6) is -11.3. The Hall–Kier alpha value is -4.16. The van der Waals surface area contributed by atoms with Gasteiger partial charge in [0.25, 0.3) is 0 Å². The number of phenolic OH excluding ortho intramolecular Hbond substituents is 1. The number of carbonyl (C=O) groups excluding carboxylic acids is 6. The first-order valence-electron chi connectivity index (χ1n) is 13.6. The van der Waals surface area contributed by atoms with Crippen LogP contribution in [-0.2, 0) is 30.3 Å². The number of aromatic hydroxyl groups is 1. The van der Waals surface area contributed by atoms with Gasteiger partial charge in [0.2, 0.25) is 5.91 Å². The molecule has 3 aliphatic rings. The van der Waals surface area contributed by atoms with Crippen molar-refractivity contribution in [1.82, 2.24) is 9.47 Å². The number of fused-ring (bicyclic) bond motifs is 3. The second-order valence-corrected chi connectivity index (χ2v) is 12.5. The second kappa shape index (κ2) is 9.70. The summed E-state index contributed by atoms with van der Waals surface area (Å²) in [4.78, 5) is 81.1. The molecule has 222 valence electrons. The van der Waals surface area contributed by atoms with Crippen molar-refractivity contribution < 1.29 is 43.7 Å². The number of nitrogens with two attached hydrogens (primary N) is 1. The first-order valence-corrected chi connectivity index (χ1v) is 13.6. The topological polar surface area (TPSA) is 186 Å². The van der Waals surface area contributed by atoms with Gasteiger partial charge in [-0.1, -0.05) is 0 Å². The molecule has 1 aromatic heterocycles. The van der Waals surface area contributed by atoms with E-state index in [2.05, 4.69) is 0 Å². The summed E-state index contributed by atoms with van der Waals surface area (Å²) in [6.07, 6.45) is 0.844. The number of primary amides is 1. The van der Waals surface area contributed by atoms with Crippen molar-refractivity contribution in [3.8, 4) is 17.0 Å². The maximum absolute atomic E-state index is 14.0. The van der Waals surface area contributed by atoms with Crippen molar-refractivity contribution in [3.63, 3.8) is 0 Å². The quantitative estimate of drug-likeness (QED) is 0.445. The molecule has 1 heterocycles. The van der Waals surface area contributed by atoms with Crippen LogP contribution in [0.15, 0.2) is 30.5 Å². The summed E-state index contributed by atoms with van der Waals surface area (Å²) in [5, 5.41) is 22.5. The molecular weight excluding hydrogens is 546 g/mol. The highest BCUT2D eigenvalue weighted by atomic mass is 16.6. The number of rotatable bonds is 3. The minimum atomic E-state index is -2.80. The van der Waals surface area contributed by atoms with E-state index >= 15 is 0 Å². The van der Waals surface area contributed by atoms with Crippen molar-refractivity contribution in [3.05, 3.63) is 41.6 Å². The molecule has 1 aromatic carbocycles. The van der Waals surface area contributed by atoms with E-state index in [1.807, 2.05) is 0 Å². The van der Waals surface area contributed by atoms with Crippen LogP contribution in [-0.4, -0.2) is 86.2 Å². The van der Waals surface area contributed by atoms with E-state index in [0.717, 1.165) is 0 Å². The lowest BCUT2D eigenvalue weighted by atomic mass is 9.52. The maximum Gasteiger partial charge on any atom is 0.418 e. The molecule has 2 saturated carbocycles. The molecule has 2 fully saturated rings. The van der Waals surface area contributed by atoms with Crippen molar-refractivity contribution in [2.24, 2.45) is 29.4 Å². The van der Waals surface area contributed by atoms with Crippen molar-refractivity contribution in [2.75, 3.05) is 14.1 Å². The molecule has 12 heteroatoms. The van der Waals surface area contributed by atoms with Gasteiger partial charge in [0.15, 0.2) is 34.7 Å². The number of benzene rings is 1. The Balaban J connectivity index is 1.63. The lowest BCUT2D eigenvalue weighted by Crippen LogP contribution is -2.74. The van der Waals surface area contributed by atoms with Gasteiger partial charge in [0.1, 0.15) is 11.4 Å². The highest BCUT2D eigenvalue weighted by molar-refractivity contribution is 6.32. The molecule has 5 rings (SSSR count). The Bertz CT molecular complexity index is 1570. The number of carbonyl (C=O) groups is 6. The van der Waals surface area contributed by atoms with Gasteiger partial charge < -0.3 is 20.7 Å². The number of amides is 1. The zero-order valence-electron chi connectivity index (χ0n) is 23.9. The largest absolute Gasteiger partial charge is 0.507 e. The molecule has 0 radical (unpaired) electrons. The number of hydrogen-bond acceptors (Lipinski definition) is 10. The highest BCUT2D eigenvalue weighted by Crippen LogP contribution is 2.51. The zero-order chi connectivity index (χ0) is 31.0. The first kappa shape index (κ1) is 29.3. The fraction of sp³-hybridized carbons (Fsp3) is 0.467. The molecule has 4 N–H and O–H groups in total. The highest BCUT2D eigenvalue weighted by Gasteiger charge is 2.69. The summed E-state index contributed by atoms with van der Waals surface area (Å²) in [6.45, 7) is 5.18. The van der Waals surface area contributed by atoms with E-state index in [1.54, 1.807) is 39.0 Å². The fourth-order valence-corrected chi connectivity index (χ4v) is 6.92.